The van der Waals surface area contributed by atoms with Crippen LogP contribution in [0.25, 0.3) is 0 Å². The number of hydrogen-bond donors (Lipinski definition) is 2. The summed E-state index contributed by atoms with van der Waals surface area (Å²) in [6, 6.07) is 3.09. The molecule has 19 heavy (non-hydrogen) atoms. The molecular formula is C12H16ClNO4S. The van der Waals surface area contributed by atoms with E-state index in [0.29, 0.717) is 29.3 Å². The smallest absolute Gasteiger partial charge is 0.162 e. The number of benzene rings is 1. The second-order valence-corrected chi connectivity index (χ2v) is 7.26. The van der Waals surface area contributed by atoms with Crippen molar-refractivity contribution in [2.75, 3.05) is 18.6 Å². The number of phenolic OH excluding ortho intramolecular Hbond substituents is 1. The van der Waals surface area contributed by atoms with Crippen LogP contribution in [0.5, 0.6) is 11.5 Å². The molecule has 1 aliphatic rings. The van der Waals surface area contributed by atoms with Crippen LogP contribution in [0.2, 0.25) is 5.02 Å². The van der Waals surface area contributed by atoms with Gasteiger partial charge in [-0.15, -0.1) is 0 Å². The van der Waals surface area contributed by atoms with Crippen molar-refractivity contribution in [1.29, 1.82) is 0 Å². The molecule has 0 aromatic heterocycles. The molecule has 0 amide bonds. The molecule has 1 unspecified atom stereocenters. The molecule has 0 spiro atoms. The van der Waals surface area contributed by atoms with E-state index in [1.165, 1.54) is 13.2 Å². The zero-order valence-corrected chi connectivity index (χ0v) is 12.1. The van der Waals surface area contributed by atoms with Gasteiger partial charge in [0.15, 0.2) is 21.3 Å². The fraction of sp³-hybridized carbons (Fsp3) is 0.500. The summed E-state index contributed by atoms with van der Waals surface area (Å²) in [5, 5.41) is 13.5. The van der Waals surface area contributed by atoms with E-state index >= 15 is 0 Å². The number of ether oxygens (including phenoxy) is 1. The predicted molar refractivity (Wildman–Crippen MR) is 73.6 cm³/mol. The van der Waals surface area contributed by atoms with Gasteiger partial charge in [0, 0.05) is 29.2 Å². The van der Waals surface area contributed by atoms with Crippen molar-refractivity contribution in [2.45, 2.75) is 19.0 Å². The lowest BCUT2D eigenvalue weighted by Gasteiger charge is -2.13. The van der Waals surface area contributed by atoms with E-state index in [4.69, 9.17) is 16.3 Å². The van der Waals surface area contributed by atoms with Gasteiger partial charge in [0.2, 0.25) is 0 Å². The third-order valence-electron chi connectivity index (χ3n) is 3.15. The van der Waals surface area contributed by atoms with E-state index in [1.807, 2.05) is 0 Å². The molecule has 0 saturated carbocycles. The van der Waals surface area contributed by atoms with Gasteiger partial charge in [0.25, 0.3) is 0 Å². The molecule has 0 bridgehead atoms. The van der Waals surface area contributed by atoms with Crippen LogP contribution in [0.1, 0.15) is 12.0 Å². The molecule has 5 nitrogen and oxygen atoms in total. The van der Waals surface area contributed by atoms with Gasteiger partial charge in [-0.2, -0.15) is 0 Å². The van der Waals surface area contributed by atoms with Gasteiger partial charge in [-0.1, -0.05) is 11.6 Å². The van der Waals surface area contributed by atoms with E-state index in [1.54, 1.807) is 6.07 Å². The zero-order valence-electron chi connectivity index (χ0n) is 10.5. The number of halogens is 1. The maximum Gasteiger partial charge on any atom is 0.162 e. The number of phenols is 1. The molecule has 1 fully saturated rings. The molecular weight excluding hydrogens is 290 g/mol. The molecule has 1 aromatic carbocycles. The Morgan fingerprint density at radius 3 is 2.84 bits per heavy atom. The van der Waals surface area contributed by atoms with Crippen LogP contribution in [0, 0.1) is 0 Å². The monoisotopic (exact) mass is 305 g/mol. The highest BCUT2D eigenvalue weighted by Gasteiger charge is 2.27. The minimum atomic E-state index is -2.91. The van der Waals surface area contributed by atoms with Gasteiger partial charge >= 0.3 is 0 Å². The summed E-state index contributed by atoms with van der Waals surface area (Å²) in [5.74, 6) is 0.699. The SMILES string of the molecule is COc1cc(Cl)cc(CNC2CCS(=O)(=O)C2)c1O. The average Bonchev–Trinajstić information content (AvgIpc) is 2.69. The quantitative estimate of drug-likeness (QED) is 0.878. The number of hydrogen-bond acceptors (Lipinski definition) is 5. The molecule has 0 aliphatic carbocycles. The lowest BCUT2D eigenvalue weighted by atomic mass is 10.1. The van der Waals surface area contributed by atoms with Crippen LogP contribution < -0.4 is 10.1 Å². The van der Waals surface area contributed by atoms with Crippen molar-refractivity contribution in [3.63, 3.8) is 0 Å². The fourth-order valence-corrected chi connectivity index (χ4v) is 4.07. The fourth-order valence-electron chi connectivity index (χ4n) is 2.13. The topological polar surface area (TPSA) is 75.6 Å². The number of aromatic hydroxyl groups is 1. The minimum absolute atomic E-state index is 0.0280. The van der Waals surface area contributed by atoms with Crippen LogP contribution in [0.4, 0.5) is 0 Å². The van der Waals surface area contributed by atoms with Gasteiger partial charge in [0.1, 0.15) is 0 Å². The van der Waals surface area contributed by atoms with Crippen LogP contribution >= 0.6 is 11.6 Å². The molecule has 1 heterocycles. The van der Waals surface area contributed by atoms with Crippen molar-refractivity contribution in [3.8, 4) is 11.5 Å². The summed E-state index contributed by atoms with van der Waals surface area (Å²) in [4.78, 5) is 0. The summed E-state index contributed by atoms with van der Waals surface area (Å²) in [6.45, 7) is 0.350. The Kier molecular flexibility index (Phi) is 4.23. The second kappa shape index (κ2) is 5.56. The van der Waals surface area contributed by atoms with Crippen LogP contribution in [0.3, 0.4) is 0 Å². The second-order valence-electron chi connectivity index (χ2n) is 4.60. The molecule has 2 N–H and O–H groups in total. The summed E-state index contributed by atoms with van der Waals surface area (Å²) in [7, 11) is -1.46. The number of rotatable bonds is 4. The zero-order chi connectivity index (χ0) is 14.0. The van der Waals surface area contributed by atoms with Crippen molar-refractivity contribution in [3.05, 3.63) is 22.7 Å². The number of sulfone groups is 1. The van der Waals surface area contributed by atoms with Crippen molar-refractivity contribution < 1.29 is 18.3 Å². The maximum absolute atomic E-state index is 11.3. The highest BCUT2D eigenvalue weighted by atomic mass is 35.5. The third-order valence-corrected chi connectivity index (χ3v) is 5.14. The van der Waals surface area contributed by atoms with Gasteiger partial charge in [-0.3, -0.25) is 0 Å². The maximum atomic E-state index is 11.3. The lowest BCUT2D eigenvalue weighted by Crippen LogP contribution is -2.29. The molecule has 1 aliphatic heterocycles. The van der Waals surface area contributed by atoms with Crippen LogP contribution in [0.15, 0.2) is 12.1 Å². The van der Waals surface area contributed by atoms with Gasteiger partial charge in [-0.25, -0.2) is 8.42 Å². The average molecular weight is 306 g/mol. The summed E-state index contributed by atoms with van der Waals surface area (Å²) >= 11 is 5.93. The first-order valence-electron chi connectivity index (χ1n) is 5.90. The van der Waals surface area contributed by atoms with Crippen molar-refractivity contribution >= 4 is 21.4 Å². The molecule has 1 atom stereocenters. The van der Waals surface area contributed by atoms with E-state index in [-0.39, 0.29) is 23.3 Å². The Morgan fingerprint density at radius 2 is 2.26 bits per heavy atom. The number of methoxy groups -OCH3 is 1. The Labute approximate surface area is 117 Å². The summed E-state index contributed by atoms with van der Waals surface area (Å²) in [6.07, 6.45) is 0.598. The highest BCUT2D eigenvalue weighted by Crippen LogP contribution is 2.33. The van der Waals surface area contributed by atoms with Gasteiger partial charge in [0.05, 0.1) is 18.6 Å². The molecule has 7 heteroatoms. The van der Waals surface area contributed by atoms with E-state index in [9.17, 15) is 13.5 Å². The summed E-state index contributed by atoms with van der Waals surface area (Å²) < 4.78 is 27.7. The summed E-state index contributed by atoms with van der Waals surface area (Å²) in [5.41, 5.74) is 0.591. The third kappa shape index (κ3) is 3.52. The van der Waals surface area contributed by atoms with Crippen molar-refractivity contribution in [1.82, 2.24) is 5.32 Å². The van der Waals surface area contributed by atoms with Gasteiger partial charge in [-0.05, 0) is 12.5 Å². The van der Waals surface area contributed by atoms with E-state index in [0.717, 1.165) is 0 Å². The Bertz CT molecular complexity index is 573. The molecule has 1 aromatic rings. The Balaban J connectivity index is 2.06. The largest absolute Gasteiger partial charge is 0.504 e. The predicted octanol–water partition coefficient (Wildman–Crippen LogP) is 1.33. The van der Waals surface area contributed by atoms with Gasteiger partial charge < -0.3 is 15.2 Å². The van der Waals surface area contributed by atoms with E-state index < -0.39 is 9.84 Å². The van der Waals surface area contributed by atoms with Crippen molar-refractivity contribution in [2.24, 2.45) is 0 Å². The lowest BCUT2D eigenvalue weighted by molar-refractivity contribution is 0.369. The first-order chi connectivity index (χ1) is 8.91. The standard InChI is InChI=1S/C12H16ClNO4S/c1-18-11-5-9(13)4-8(12(11)15)6-14-10-2-3-19(16,17)7-10/h4-5,10,14-15H,2-3,6-7H2,1H3. The normalized spacial score (nSPS) is 21.5. The Morgan fingerprint density at radius 1 is 1.53 bits per heavy atom. The van der Waals surface area contributed by atoms with Crippen LogP contribution in [-0.2, 0) is 16.4 Å². The van der Waals surface area contributed by atoms with E-state index in [2.05, 4.69) is 5.32 Å². The molecule has 106 valence electrons. The van der Waals surface area contributed by atoms with Crippen LogP contribution in [-0.4, -0.2) is 38.2 Å². The molecule has 1 saturated heterocycles. The first kappa shape index (κ1) is 14.4. The highest BCUT2D eigenvalue weighted by molar-refractivity contribution is 7.91. The molecule has 2 rings (SSSR count). The Hall–Kier alpha value is -0.980. The minimum Gasteiger partial charge on any atom is -0.504 e. The number of nitrogens with one attached hydrogen (secondary N) is 1. The first-order valence-corrected chi connectivity index (χ1v) is 8.10. The molecule has 0 radical (unpaired) electrons.